The van der Waals surface area contributed by atoms with E-state index in [1.807, 2.05) is 0 Å². The van der Waals surface area contributed by atoms with Gasteiger partial charge in [-0.1, -0.05) is 36.4 Å². The Morgan fingerprint density at radius 1 is 0.960 bits per heavy atom. The lowest BCUT2D eigenvalue weighted by molar-refractivity contribution is 0.175. The zero-order chi connectivity index (χ0) is 16.6. The number of fused-ring (bicyclic) bond motifs is 3. The Labute approximate surface area is 152 Å². The molecule has 0 radical (unpaired) electrons. The number of hydrogen-bond donors (Lipinski definition) is 0. The highest BCUT2D eigenvalue weighted by Crippen LogP contribution is 2.43. The van der Waals surface area contributed by atoms with Crippen LogP contribution in [0, 0.1) is 0 Å². The quantitative estimate of drug-likeness (QED) is 0.824. The van der Waals surface area contributed by atoms with Crippen molar-refractivity contribution in [1.82, 2.24) is 9.80 Å². The fourth-order valence-corrected chi connectivity index (χ4v) is 4.81. The molecule has 25 heavy (non-hydrogen) atoms. The number of piperazine rings is 1. The molecule has 0 bridgehead atoms. The minimum Gasteiger partial charge on any atom is -0.352 e. The molecule has 5 heteroatoms. The van der Waals surface area contributed by atoms with Crippen LogP contribution in [-0.4, -0.2) is 48.4 Å². The summed E-state index contributed by atoms with van der Waals surface area (Å²) in [5.74, 6) is 1.18. The van der Waals surface area contributed by atoms with Crippen molar-refractivity contribution in [2.45, 2.75) is 13.0 Å². The molecule has 0 atom stereocenters. The molecule has 4 heterocycles. The van der Waals surface area contributed by atoms with E-state index < -0.39 is 0 Å². The van der Waals surface area contributed by atoms with E-state index in [2.05, 4.69) is 62.6 Å². The first-order valence-electron chi connectivity index (χ1n) is 9.04. The molecule has 1 aromatic carbocycles. The van der Waals surface area contributed by atoms with Gasteiger partial charge >= 0.3 is 0 Å². The van der Waals surface area contributed by atoms with Gasteiger partial charge in [0.25, 0.3) is 0 Å². The van der Waals surface area contributed by atoms with Crippen LogP contribution in [0.2, 0.25) is 0 Å². The highest BCUT2D eigenvalue weighted by atomic mass is 32.1. The van der Waals surface area contributed by atoms with Gasteiger partial charge in [0, 0.05) is 39.3 Å². The normalized spacial score (nSPS) is 20.2. The monoisotopic (exact) mass is 350 g/mol. The molecular formula is C20H22N4S. The SMILES string of the molecule is C1=C2C(N3CCN(Cc4ccccc4)CC3)=Nc3ccsc3N2CC1. The van der Waals surface area contributed by atoms with Crippen molar-refractivity contribution in [3.63, 3.8) is 0 Å². The maximum atomic E-state index is 5.01. The third-order valence-electron chi connectivity index (χ3n) is 5.23. The fourth-order valence-electron chi connectivity index (χ4n) is 3.93. The summed E-state index contributed by atoms with van der Waals surface area (Å²) < 4.78 is 0. The van der Waals surface area contributed by atoms with Gasteiger partial charge in [0.15, 0.2) is 5.84 Å². The van der Waals surface area contributed by atoms with Crippen molar-refractivity contribution >= 4 is 27.9 Å². The van der Waals surface area contributed by atoms with E-state index in [4.69, 9.17) is 4.99 Å². The smallest absolute Gasteiger partial charge is 0.153 e. The summed E-state index contributed by atoms with van der Waals surface area (Å²) in [6, 6.07) is 12.9. The number of amidine groups is 1. The van der Waals surface area contributed by atoms with Crippen LogP contribution >= 0.6 is 11.3 Å². The van der Waals surface area contributed by atoms with E-state index in [0.29, 0.717) is 0 Å². The third kappa shape index (κ3) is 2.77. The van der Waals surface area contributed by atoms with Gasteiger partial charge in [-0.15, -0.1) is 11.3 Å². The van der Waals surface area contributed by atoms with Crippen molar-refractivity contribution in [2.75, 3.05) is 37.6 Å². The van der Waals surface area contributed by atoms with Crippen molar-refractivity contribution in [2.24, 2.45) is 4.99 Å². The Kier molecular flexibility index (Phi) is 3.83. The van der Waals surface area contributed by atoms with Crippen molar-refractivity contribution < 1.29 is 0 Å². The molecule has 128 valence electrons. The van der Waals surface area contributed by atoms with E-state index in [1.165, 1.54) is 22.1 Å². The molecule has 1 saturated heterocycles. The second-order valence-corrected chi connectivity index (χ2v) is 7.72. The lowest BCUT2D eigenvalue weighted by Crippen LogP contribution is -2.50. The highest BCUT2D eigenvalue weighted by Gasteiger charge is 2.32. The largest absolute Gasteiger partial charge is 0.352 e. The molecular weight excluding hydrogens is 328 g/mol. The van der Waals surface area contributed by atoms with Crippen LogP contribution in [0.1, 0.15) is 12.0 Å². The minimum atomic E-state index is 1.05. The highest BCUT2D eigenvalue weighted by molar-refractivity contribution is 7.15. The Bertz CT molecular complexity index is 815. The molecule has 3 aliphatic rings. The second-order valence-electron chi connectivity index (χ2n) is 6.82. The maximum absolute atomic E-state index is 5.01. The van der Waals surface area contributed by atoms with E-state index in [9.17, 15) is 0 Å². The predicted octanol–water partition coefficient (Wildman–Crippen LogP) is 3.70. The van der Waals surface area contributed by atoms with E-state index in [0.717, 1.165) is 51.4 Å². The van der Waals surface area contributed by atoms with Gasteiger partial charge in [-0.3, -0.25) is 4.90 Å². The zero-order valence-corrected chi connectivity index (χ0v) is 15.1. The number of thiophene rings is 1. The fraction of sp³-hybridized carbons (Fsp3) is 0.350. The molecule has 0 spiro atoms. The first kappa shape index (κ1) is 15.2. The second kappa shape index (κ2) is 6.32. The summed E-state index contributed by atoms with van der Waals surface area (Å²) in [5, 5.41) is 3.47. The molecule has 5 rings (SSSR count). The molecule has 0 amide bonds. The van der Waals surface area contributed by atoms with Crippen LogP contribution in [0.3, 0.4) is 0 Å². The van der Waals surface area contributed by atoms with Crippen LogP contribution in [0.4, 0.5) is 10.7 Å². The van der Waals surface area contributed by atoms with Gasteiger partial charge in [0.1, 0.15) is 10.7 Å². The van der Waals surface area contributed by atoms with Gasteiger partial charge in [-0.05, 0) is 23.4 Å². The van der Waals surface area contributed by atoms with Crippen molar-refractivity contribution in [3.8, 4) is 0 Å². The zero-order valence-electron chi connectivity index (χ0n) is 14.3. The summed E-state index contributed by atoms with van der Waals surface area (Å²) in [6.07, 6.45) is 3.48. The minimum absolute atomic E-state index is 1.05. The van der Waals surface area contributed by atoms with E-state index in [-0.39, 0.29) is 0 Å². The molecule has 0 unspecified atom stereocenters. The molecule has 2 aromatic rings. The maximum Gasteiger partial charge on any atom is 0.153 e. The van der Waals surface area contributed by atoms with Crippen molar-refractivity contribution in [1.29, 1.82) is 0 Å². The molecule has 0 N–H and O–H groups in total. The molecule has 0 aliphatic carbocycles. The Morgan fingerprint density at radius 2 is 1.80 bits per heavy atom. The Morgan fingerprint density at radius 3 is 2.64 bits per heavy atom. The lowest BCUT2D eigenvalue weighted by atomic mass is 10.2. The van der Waals surface area contributed by atoms with Gasteiger partial charge in [0.2, 0.25) is 0 Å². The van der Waals surface area contributed by atoms with Crippen LogP contribution in [-0.2, 0) is 6.54 Å². The van der Waals surface area contributed by atoms with Crippen LogP contribution in [0.5, 0.6) is 0 Å². The molecule has 0 saturated carbocycles. The van der Waals surface area contributed by atoms with Crippen LogP contribution in [0.25, 0.3) is 0 Å². The lowest BCUT2D eigenvalue weighted by Gasteiger charge is -2.39. The standard InChI is InChI=1S/C20H22N4S/c1-2-5-16(6-3-1)15-22-10-12-23(13-11-22)19-18-7-4-9-24(18)20-17(21-19)8-14-25-20/h1-3,5-8,14H,4,9-13,15H2. The average molecular weight is 350 g/mol. The topological polar surface area (TPSA) is 22.1 Å². The first-order chi connectivity index (χ1) is 12.4. The van der Waals surface area contributed by atoms with E-state index >= 15 is 0 Å². The number of nitrogens with zero attached hydrogens (tertiary/aromatic N) is 4. The van der Waals surface area contributed by atoms with Crippen LogP contribution in [0.15, 0.2) is 58.5 Å². The predicted molar refractivity (Wildman–Crippen MR) is 105 cm³/mol. The number of rotatable bonds is 2. The van der Waals surface area contributed by atoms with E-state index in [1.54, 1.807) is 11.3 Å². The molecule has 1 aromatic heterocycles. The average Bonchev–Trinajstić information content (AvgIpc) is 3.31. The Balaban J connectivity index is 1.31. The third-order valence-corrected chi connectivity index (χ3v) is 6.15. The summed E-state index contributed by atoms with van der Waals surface area (Å²) in [7, 11) is 0. The number of aliphatic imine (C=N–C) groups is 1. The Hall–Kier alpha value is -2.11. The van der Waals surface area contributed by atoms with Crippen LogP contribution < -0.4 is 4.90 Å². The van der Waals surface area contributed by atoms with Gasteiger partial charge in [-0.2, -0.15) is 0 Å². The van der Waals surface area contributed by atoms with Gasteiger partial charge < -0.3 is 9.80 Å². The summed E-state index contributed by atoms with van der Waals surface area (Å²) in [4.78, 5) is 12.5. The summed E-state index contributed by atoms with van der Waals surface area (Å²) in [5.41, 5.74) is 3.87. The molecule has 1 fully saturated rings. The van der Waals surface area contributed by atoms with Gasteiger partial charge in [0.05, 0.1) is 5.70 Å². The summed E-state index contributed by atoms with van der Waals surface area (Å²) >= 11 is 1.80. The van der Waals surface area contributed by atoms with Gasteiger partial charge in [-0.25, -0.2) is 4.99 Å². The number of benzene rings is 1. The number of anilines is 1. The summed E-state index contributed by atoms with van der Waals surface area (Å²) in [6.45, 7) is 6.43. The molecule has 3 aliphatic heterocycles. The first-order valence-corrected chi connectivity index (χ1v) is 9.92. The number of hydrogen-bond acceptors (Lipinski definition) is 5. The molecule has 4 nitrogen and oxygen atoms in total. The van der Waals surface area contributed by atoms with Crippen molar-refractivity contribution in [3.05, 3.63) is 59.1 Å².